The van der Waals surface area contributed by atoms with Gasteiger partial charge >= 0.3 is 5.97 Å². The van der Waals surface area contributed by atoms with Crippen LogP contribution in [0.25, 0.3) is 0 Å². The number of rotatable bonds is 4. The van der Waals surface area contributed by atoms with Crippen LogP contribution in [0.15, 0.2) is 18.5 Å². The summed E-state index contributed by atoms with van der Waals surface area (Å²) in [5, 5.41) is 16.0. The normalized spacial score (nSPS) is 10.3. The number of hydrogen-bond donors (Lipinski definition) is 2. The lowest BCUT2D eigenvalue weighted by Crippen LogP contribution is -2.07. The Balaban J connectivity index is 2.08. The van der Waals surface area contributed by atoms with Crippen LogP contribution < -0.4 is 5.32 Å². The minimum absolute atomic E-state index is 0.0320. The molecule has 0 aromatic carbocycles. The summed E-state index contributed by atoms with van der Waals surface area (Å²) in [6.45, 7) is 2.41. The molecule has 2 heterocycles. The second-order valence-corrected chi connectivity index (χ2v) is 3.84. The molecular weight excluding hydrogens is 234 g/mol. The van der Waals surface area contributed by atoms with E-state index in [1.807, 2.05) is 20.2 Å². The van der Waals surface area contributed by atoms with Crippen LogP contribution in [-0.2, 0) is 13.6 Å². The second-order valence-electron chi connectivity index (χ2n) is 3.84. The van der Waals surface area contributed by atoms with Crippen LogP contribution in [0.5, 0.6) is 0 Å². The maximum atomic E-state index is 10.8. The summed E-state index contributed by atoms with van der Waals surface area (Å²) in [6, 6.07) is 1.35. The molecule has 0 bridgehead atoms. The standard InChI is InChI=1S/C11H13N5O2/c1-7-8(6-16(2)15-7)5-13-11-12-4-3-9(14-11)10(17)18/h3-4,6H,5H2,1-2H3,(H,17,18)(H,12,13,14). The molecule has 0 amide bonds. The first kappa shape index (κ1) is 12.0. The van der Waals surface area contributed by atoms with E-state index in [0.717, 1.165) is 11.3 Å². The molecule has 18 heavy (non-hydrogen) atoms. The first-order valence-corrected chi connectivity index (χ1v) is 5.35. The van der Waals surface area contributed by atoms with Crippen LogP contribution in [0.3, 0.4) is 0 Å². The van der Waals surface area contributed by atoms with Crippen molar-refractivity contribution < 1.29 is 9.90 Å². The monoisotopic (exact) mass is 247 g/mol. The number of carbonyl (C=O) groups is 1. The highest BCUT2D eigenvalue weighted by atomic mass is 16.4. The van der Waals surface area contributed by atoms with Gasteiger partial charge in [-0.15, -0.1) is 0 Å². The Morgan fingerprint density at radius 3 is 2.94 bits per heavy atom. The van der Waals surface area contributed by atoms with Gasteiger partial charge in [-0.1, -0.05) is 0 Å². The van der Waals surface area contributed by atoms with E-state index in [1.165, 1.54) is 12.3 Å². The summed E-state index contributed by atoms with van der Waals surface area (Å²) >= 11 is 0. The number of carboxylic acid groups (broad SMARTS) is 1. The minimum Gasteiger partial charge on any atom is -0.477 e. The Morgan fingerprint density at radius 2 is 2.33 bits per heavy atom. The van der Waals surface area contributed by atoms with Crippen molar-refractivity contribution >= 4 is 11.9 Å². The van der Waals surface area contributed by atoms with Crippen LogP contribution in [0.4, 0.5) is 5.95 Å². The van der Waals surface area contributed by atoms with E-state index in [4.69, 9.17) is 5.11 Å². The van der Waals surface area contributed by atoms with Gasteiger partial charge in [-0.2, -0.15) is 5.10 Å². The molecule has 7 heteroatoms. The summed E-state index contributed by atoms with van der Waals surface area (Å²) in [5.74, 6) is -0.781. The minimum atomic E-state index is -1.07. The molecule has 0 aliphatic carbocycles. The van der Waals surface area contributed by atoms with Crippen molar-refractivity contribution in [3.63, 3.8) is 0 Å². The number of hydrogen-bond acceptors (Lipinski definition) is 5. The Hall–Kier alpha value is -2.44. The number of aromatic carboxylic acids is 1. The summed E-state index contributed by atoms with van der Waals surface area (Å²) in [6.07, 6.45) is 3.30. The first-order valence-electron chi connectivity index (χ1n) is 5.35. The van der Waals surface area contributed by atoms with E-state index in [0.29, 0.717) is 6.54 Å². The van der Waals surface area contributed by atoms with Gasteiger partial charge in [0, 0.05) is 31.5 Å². The Kier molecular flexibility index (Phi) is 3.22. The van der Waals surface area contributed by atoms with E-state index in [2.05, 4.69) is 20.4 Å². The first-order chi connectivity index (χ1) is 8.56. The van der Waals surface area contributed by atoms with Crippen LogP contribution >= 0.6 is 0 Å². The highest BCUT2D eigenvalue weighted by Crippen LogP contribution is 2.07. The lowest BCUT2D eigenvalue weighted by Gasteiger charge is -2.03. The number of carboxylic acids is 1. The highest BCUT2D eigenvalue weighted by Gasteiger charge is 2.07. The van der Waals surface area contributed by atoms with Gasteiger partial charge in [0.2, 0.25) is 5.95 Å². The average Bonchev–Trinajstić information content (AvgIpc) is 2.65. The van der Waals surface area contributed by atoms with E-state index in [9.17, 15) is 4.79 Å². The Labute approximate surface area is 104 Å². The maximum absolute atomic E-state index is 10.8. The van der Waals surface area contributed by atoms with Crippen LogP contribution in [0, 0.1) is 6.92 Å². The van der Waals surface area contributed by atoms with Gasteiger partial charge < -0.3 is 10.4 Å². The quantitative estimate of drug-likeness (QED) is 0.831. The number of aromatic nitrogens is 4. The summed E-state index contributed by atoms with van der Waals surface area (Å²) < 4.78 is 1.72. The van der Waals surface area contributed by atoms with Crippen molar-refractivity contribution in [3.05, 3.63) is 35.4 Å². The van der Waals surface area contributed by atoms with Crippen molar-refractivity contribution in [1.82, 2.24) is 19.7 Å². The zero-order valence-electron chi connectivity index (χ0n) is 10.1. The van der Waals surface area contributed by atoms with Gasteiger partial charge in [0.1, 0.15) is 0 Å². The van der Waals surface area contributed by atoms with Crippen molar-refractivity contribution in [1.29, 1.82) is 0 Å². The molecule has 7 nitrogen and oxygen atoms in total. The average molecular weight is 247 g/mol. The van der Waals surface area contributed by atoms with Gasteiger partial charge in [0.25, 0.3) is 0 Å². The largest absolute Gasteiger partial charge is 0.477 e. The summed E-state index contributed by atoms with van der Waals surface area (Å²) in [5.41, 5.74) is 1.90. The molecule has 0 fully saturated rings. The molecule has 0 saturated carbocycles. The summed E-state index contributed by atoms with van der Waals surface area (Å²) in [7, 11) is 1.85. The van der Waals surface area contributed by atoms with Gasteiger partial charge in [-0.25, -0.2) is 14.8 Å². The number of nitrogens with one attached hydrogen (secondary N) is 1. The van der Waals surface area contributed by atoms with Crippen LogP contribution in [0.1, 0.15) is 21.7 Å². The van der Waals surface area contributed by atoms with Crippen molar-refractivity contribution in [2.45, 2.75) is 13.5 Å². The fraction of sp³-hybridized carbons (Fsp3) is 0.273. The van der Waals surface area contributed by atoms with E-state index in [1.54, 1.807) is 4.68 Å². The van der Waals surface area contributed by atoms with Crippen LogP contribution in [-0.4, -0.2) is 30.8 Å². The fourth-order valence-corrected chi connectivity index (χ4v) is 1.56. The third-order valence-electron chi connectivity index (χ3n) is 2.43. The van der Waals surface area contributed by atoms with E-state index in [-0.39, 0.29) is 11.6 Å². The molecule has 94 valence electrons. The molecule has 0 atom stereocenters. The SMILES string of the molecule is Cc1nn(C)cc1CNc1nccc(C(=O)O)n1. The topological polar surface area (TPSA) is 92.9 Å². The summed E-state index contributed by atoms with van der Waals surface area (Å²) in [4.78, 5) is 18.6. The number of aryl methyl sites for hydroxylation is 2. The lowest BCUT2D eigenvalue weighted by atomic mass is 10.3. The third-order valence-corrected chi connectivity index (χ3v) is 2.43. The molecule has 2 aromatic heterocycles. The molecule has 2 N–H and O–H groups in total. The molecule has 0 radical (unpaired) electrons. The molecule has 2 aromatic rings. The number of nitrogens with zero attached hydrogens (tertiary/aromatic N) is 4. The third kappa shape index (κ3) is 2.62. The van der Waals surface area contributed by atoms with Crippen molar-refractivity contribution in [3.8, 4) is 0 Å². The molecular formula is C11H13N5O2. The molecule has 0 saturated heterocycles. The molecule has 0 aliphatic heterocycles. The molecule has 0 unspecified atom stereocenters. The molecule has 0 aliphatic rings. The molecule has 2 rings (SSSR count). The zero-order valence-corrected chi connectivity index (χ0v) is 10.1. The fourth-order valence-electron chi connectivity index (χ4n) is 1.56. The zero-order chi connectivity index (χ0) is 13.1. The number of anilines is 1. The van der Waals surface area contributed by atoms with Crippen LogP contribution in [0.2, 0.25) is 0 Å². The van der Waals surface area contributed by atoms with Gasteiger partial charge in [-0.3, -0.25) is 4.68 Å². The predicted octanol–water partition coefficient (Wildman–Crippen LogP) is 0.829. The van der Waals surface area contributed by atoms with Gasteiger partial charge in [0.05, 0.1) is 5.69 Å². The van der Waals surface area contributed by atoms with E-state index < -0.39 is 5.97 Å². The second kappa shape index (κ2) is 4.82. The van der Waals surface area contributed by atoms with Crippen molar-refractivity contribution in [2.24, 2.45) is 7.05 Å². The Bertz CT molecular complexity index is 579. The smallest absolute Gasteiger partial charge is 0.354 e. The maximum Gasteiger partial charge on any atom is 0.354 e. The predicted molar refractivity (Wildman–Crippen MR) is 64.3 cm³/mol. The van der Waals surface area contributed by atoms with Gasteiger partial charge in [0.15, 0.2) is 5.69 Å². The molecule has 0 spiro atoms. The lowest BCUT2D eigenvalue weighted by molar-refractivity contribution is 0.0690. The Morgan fingerprint density at radius 1 is 1.56 bits per heavy atom. The highest BCUT2D eigenvalue weighted by molar-refractivity contribution is 5.85. The van der Waals surface area contributed by atoms with E-state index >= 15 is 0 Å². The van der Waals surface area contributed by atoms with Crippen molar-refractivity contribution in [2.75, 3.05) is 5.32 Å². The van der Waals surface area contributed by atoms with Gasteiger partial charge in [-0.05, 0) is 13.0 Å².